The molecular weight excluding hydrogens is 364 g/mol. The number of carbonyl (C=O) groups is 1. The van der Waals surface area contributed by atoms with E-state index >= 15 is 0 Å². The van der Waals surface area contributed by atoms with Crippen LogP contribution in [0.3, 0.4) is 0 Å². The number of benzene rings is 2. The average Bonchev–Trinajstić information content (AvgIpc) is 2.73. The molecule has 2 heterocycles. The maximum absolute atomic E-state index is 11.9. The Balaban J connectivity index is 1.99. The van der Waals surface area contributed by atoms with Crippen molar-refractivity contribution in [1.29, 1.82) is 5.26 Å². The number of halogens is 1. The predicted molar refractivity (Wildman–Crippen MR) is 103 cm³/mol. The predicted octanol–water partition coefficient (Wildman–Crippen LogP) is 4.76. The van der Waals surface area contributed by atoms with Gasteiger partial charge in [-0.2, -0.15) is 5.26 Å². The smallest absolute Gasteiger partial charge is 0.191 e. The number of fused-ring (bicyclic) bond motifs is 5. The van der Waals surface area contributed by atoms with Crippen LogP contribution < -0.4 is 9.64 Å². The number of nitriles is 1. The van der Waals surface area contributed by atoms with Gasteiger partial charge in [0.25, 0.3) is 0 Å². The van der Waals surface area contributed by atoms with Crippen LogP contribution in [0.15, 0.2) is 30.3 Å². The monoisotopic (exact) mass is 382 g/mol. The van der Waals surface area contributed by atoms with Crippen molar-refractivity contribution in [2.45, 2.75) is 32.4 Å². The molecule has 0 amide bonds. The summed E-state index contributed by atoms with van der Waals surface area (Å²) >= 11 is 6.36. The van der Waals surface area contributed by atoms with Crippen molar-refractivity contribution in [2.75, 3.05) is 18.2 Å². The molecule has 2 aromatic carbocycles. The van der Waals surface area contributed by atoms with Gasteiger partial charge >= 0.3 is 0 Å². The van der Waals surface area contributed by atoms with Crippen LogP contribution in [0.2, 0.25) is 5.02 Å². The molecule has 0 N–H and O–H groups in total. The molecule has 138 valence electrons. The van der Waals surface area contributed by atoms with E-state index in [1.54, 1.807) is 18.2 Å². The molecule has 2 aromatic rings. The fourth-order valence-corrected chi connectivity index (χ4v) is 3.91. The molecule has 0 radical (unpaired) electrons. The lowest BCUT2D eigenvalue weighted by molar-refractivity contribution is -0.0449. The Morgan fingerprint density at radius 1 is 1.26 bits per heavy atom. The van der Waals surface area contributed by atoms with E-state index in [-0.39, 0.29) is 18.8 Å². The fraction of sp³-hybridized carbons (Fsp3) is 0.333. The Morgan fingerprint density at radius 3 is 2.89 bits per heavy atom. The molecule has 2 aliphatic heterocycles. The molecule has 0 spiro atoms. The Morgan fingerprint density at radius 2 is 2.11 bits per heavy atom. The summed E-state index contributed by atoms with van der Waals surface area (Å²) in [5.41, 5.74) is 3.47. The van der Waals surface area contributed by atoms with Crippen LogP contribution in [0, 0.1) is 11.3 Å². The van der Waals surface area contributed by atoms with Crippen LogP contribution in [0.1, 0.15) is 42.1 Å². The third kappa shape index (κ3) is 3.27. The van der Waals surface area contributed by atoms with Crippen LogP contribution in [-0.4, -0.2) is 25.3 Å². The molecule has 1 unspecified atom stereocenters. The summed E-state index contributed by atoms with van der Waals surface area (Å²) < 4.78 is 11.9. The maximum atomic E-state index is 11.9. The van der Waals surface area contributed by atoms with Crippen molar-refractivity contribution < 1.29 is 14.3 Å². The molecule has 1 fully saturated rings. The second-order valence-corrected chi connectivity index (χ2v) is 7.21. The normalized spacial score (nSPS) is 18.6. The minimum atomic E-state index is -0.108. The Labute approximate surface area is 163 Å². The largest absolute Gasteiger partial charge is 0.467 e. The van der Waals surface area contributed by atoms with Gasteiger partial charge in [-0.1, -0.05) is 11.6 Å². The molecule has 6 heteroatoms. The highest BCUT2D eigenvalue weighted by atomic mass is 35.5. The average molecular weight is 383 g/mol. The molecule has 0 aliphatic carbocycles. The first kappa shape index (κ1) is 17.8. The van der Waals surface area contributed by atoms with E-state index in [0.717, 1.165) is 42.6 Å². The lowest BCUT2D eigenvalue weighted by Gasteiger charge is -2.37. The van der Waals surface area contributed by atoms with Crippen LogP contribution >= 0.6 is 11.6 Å². The molecule has 5 nitrogen and oxygen atoms in total. The highest BCUT2D eigenvalue weighted by Crippen LogP contribution is 2.43. The number of nitrogens with zero attached hydrogens (tertiary/aromatic N) is 2. The number of Topliss-reactive ketones (excluding diaryl/α,β-unsaturated/α-hetero) is 1. The van der Waals surface area contributed by atoms with Crippen molar-refractivity contribution >= 4 is 23.1 Å². The van der Waals surface area contributed by atoms with Gasteiger partial charge in [-0.05, 0) is 56.5 Å². The second kappa shape index (κ2) is 7.22. The molecule has 1 saturated heterocycles. The molecule has 0 bridgehead atoms. The van der Waals surface area contributed by atoms with Gasteiger partial charge in [-0.25, -0.2) is 0 Å². The number of rotatable bonds is 1. The first-order valence-electron chi connectivity index (χ1n) is 8.98. The number of anilines is 1. The zero-order valence-corrected chi connectivity index (χ0v) is 15.8. The number of hydrogen-bond donors (Lipinski definition) is 0. The number of ketones is 1. The van der Waals surface area contributed by atoms with Crippen LogP contribution in [0.25, 0.3) is 11.1 Å². The Kier molecular flexibility index (Phi) is 4.77. The molecule has 27 heavy (non-hydrogen) atoms. The van der Waals surface area contributed by atoms with Crippen molar-refractivity contribution in [3.8, 4) is 22.9 Å². The number of hydrogen-bond acceptors (Lipinski definition) is 5. The summed E-state index contributed by atoms with van der Waals surface area (Å²) in [6.45, 7) is 2.49. The minimum Gasteiger partial charge on any atom is -0.467 e. The summed E-state index contributed by atoms with van der Waals surface area (Å²) in [6, 6.07) is 11.1. The van der Waals surface area contributed by atoms with Crippen LogP contribution in [-0.2, 0) is 4.74 Å². The van der Waals surface area contributed by atoms with E-state index in [0.29, 0.717) is 21.9 Å². The maximum Gasteiger partial charge on any atom is 0.191 e. The topological polar surface area (TPSA) is 62.6 Å². The molecule has 0 aromatic heterocycles. The summed E-state index contributed by atoms with van der Waals surface area (Å²) in [5, 5.41) is 9.87. The highest BCUT2D eigenvalue weighted by Gasteiger charge is 2.29. The van der Waals surface area contributed by atoms with Crippen molar-refractivity contribution in [3.63, 3.8) is 0 Å². The number of carbonyl (C=O) groups excluding carboxylic acids is 1. The van der Waals surface area contributed by atoms with Gasteiger partial charge < -0.3 is 14.4 Å². The van der Waals surface area contributed by atoms with Gasteiger partial charge in [0.15, 0.2) is 12.6 Å². The molecule has 0 saturated carbocycles. The highest BCUT2D eigenvalue weighted by molar-refractivity contribution is 6.32. The van der Waals surface area contributed by atoms with E-state index in [1.807, 2.05) is 12.1 Å². The van der Waals surface area contributed by atoms with Gasteiger partial charge in [-0.3, -0.25) is 4.79 Å². The summed E-state index contributed by atoms with van der Waals surface area (Å²) in [4.78, 5) is 14.1. The third-order valence-electron chi connectivity index (χ3n) is 5.11. The molecule has 1 atom stereocenters. The van der Waals surface area contributed by atoms with E-state index in [2.05, 4.69) is 11.0 Å². The zero-order chi connectivity index (χ0) is 19.0. The lowest BCUT2D eigenvalue weighted by atomic mass is 9.95. The van der Waals surface area contributed by atoms with Crippen molar-refractivity contribution in [2.24, 2.45) is 0 Å². The van der Waals surface area contributed by atoms with Crippen molar-refractivity contribution in [1.82, 2.24) is 0 Å². The molecule has 4 rings (SSSR count). The summed E-state index contributed by atoms with van der Waals surface area (Å²) in [6.07, 6.45) is 2.93. The summed E-state index contributed by atoms with van der Waals surface area (Å²) in [7, 11) is 0. The summed E-state index contributed by atoms with van der Waals surface area (Å²) in [5.74, 6) is 0.591. The first-order valence-corrected chi connectivity index (χ1v) is 9.36. The minimum absolute atomic E-state index is 0.0270. The standard InChI is InChI=1S/C21H19ClN2O3/c1-13(25)14-5-6-20-17(8-14)16-9-15(11-23)18(22)10-19(16)24-7-3-2-4-21(24)27-12-26-20/h5-6,8-10,21H,2-4,7,12H2,1H3. The number of piperidine rings is 1. The van der Waals surface area contributed by atoms with Gasteiger partial charge in [0, 0.05) is 28.9 Å². The van der Waals surface area contributed by atoms with Gasteiger partial charge in [0.2, 0.25) is 0 Å². The lowest BCUT2D eigenvalue weighted by Crippen LogP contribution is -2.42. The van der Waals surface area contributed by atoms with E-state index in [4.69, 9.17) is 21.1 Å². The van der Waals surface area contributed by atoms with Crippen molar-refractivity contribution in [3.05, 3.63) is 46.5 Å². The first-order chi connectivity index (χ1) is 13.1. The van der Waals surface area contributed by atoms with Crippen LogP contribution in [0.5, 0.6) is 5.75 Å². The molecule has 2 aliphatic rings. The third-order valence-corrected chi connectivity index (χ3v) is 5.43. The van der Waals surface area contributed by atoms with E-state index in [9.17, 15) is 10.1 Å². The van der Waals surface area contributed by atoms with Crippen LogP contribution in [0.4, 0.5) is 5.69 Å². The fourth-order valence-electron chi connectivity index (χ4n) is 3.71. The van der Waals surface area contributed by atoms with Gasteiger partial charge in [0.1, 0.15) is 18.0 Å². The van der Waals surface area contributed by atoms with E-state index < -0.39 is 0 Å². The zero-order valence-electron chi connectivity index (χ0n) is 15.0. The Hall–Kier alpha value is -2.55. The van der Waals surface area contributed by atoms with Gasteiger partial charge in [0.05, 0.1) is 10.6 Å². The second-order valence-electron chi connectivity index (χ2n) is 6.80. The number of ether oxygens (including phenoxy) is 2. The SMILES string of the molecule is CC(=O)c1ccc2c(c1)-c1cc(C#N)c(Cl)cc1N1CCCCC1OCO2. The quantitative estimate of drug-likeness (QED) is 0.665. The molecular formula is C21H19ClN2O3. The Bertz CT molecular complexity index is 951. The van der Waals surface area contributed by atoms with E-state index in [1.165, 1.54) is 6.92 Å². The van der Waals surface area contributed by atoms with Gasteiger partial charge in [-0.15, -0.1) is 0 Å².